The number of nitro groups is 2. The molecule has 0 spiro atoms. The Morgan fingerprint density at radius 3 is 2.31 bits per heavy atom. The van der Waals surface area contributed by atoms with Gasteiger partial charge in [0.2, 0.25) is 5.69 Å². The number of H-pyrrole nitrogens is 1. The lowest BCUT2D eigenvalue weighted by Gasteiger charge is -2.13. The molecule has 1 aliphatic rings. The van der Waals surface area contributed by atoms with Crippen LogP contribution in [0.15, 0.2) is 0 Å². The first-order valence-corrected chi connectivity index (χ1v) is 4.73. The Kier molecular flexibility index (Phi) is 2.43. The first-order valence-electron chi connectivity index (χ1n) is 4.73. The van der Waals surface area contributed by atoms with Gasteiger partial charge in [0.05, 0.1) is 0 Å². The van der Waals surface area contributed by atoms with E-state index in [9.17, 15) is 20.2 Å². The summed E-state index contributed by atoms with van der Waals surface area (Å²) in [5, 5.41) is 26.9. The lowest BCUT2D eigenvalue weighted by molar-refractivity contribution is -0.392. The zero-order chi connectivity index (χ0) is 11.7. The van der Waals surface area contributed by atoms with E-state index in [0.29, 0.717) is 13.1 Å². The van der Waals surface area contributed by atoms with Crippen molar-refractivity contribution in [1.29, 1.82) is 0 Å². The molecule has 0 bridgehead atoms. The predicted molar refractivity (Wildman–Crippen MR) is 53.3 cm³/mol. The molecule has 9 nitrogen and oxygen atoms in total. The van der Waals surface area contributed by atoms with E-state index in [0.717, 1.165) is 12.8 Å². The molecule has 1 fully saturated rings. The number of aromatic amines is 1. The average Bonchev–Trinajstić information content (AvgIpc) is 2.85. The molecule has 1 aromatic rings. The summed E-state index contributed by atoms with van der Waals surface area (Å²) in [6, 6.07) is 0. The molecule has 0 atom stereocenters. The third-order valence-corrected chi connectivity index (χ3v) is 2.48. The van der Waals surface area contributed by atoms with Gasteiger partial charge in [-0.15, -0.1) is 0 Å². The van der Waals surface area contributed by atoms with Crippen LogP contribution in [0.3, 0.4) is 0 Å². The summed E-state index contributed by atoms with van der Waals surface area (Å²) in [7, 11) is 0. The Hall–Kier alpha value is -2.19. The summed E-state index contributed by atoms with van der Waals surface area (Å²) >= 11 is 0. The third-order valence-electron chi connectivity index (χ3n) is 2.48. The maximum absolute atomic E-state index is 10.7. The van der Waals surface area contributed by atoms with E-state index in [-0.39, 0.29) is 5.69 Å². The fourth-order valence-corrected chi connectivity index (χ4v) is 1.80. The summed E-state index contributed by atoms with van der Waals surface area (Å²) < 4.78 is 0. The van der Waals surface area contributed by atoms with Crippen molar-refractivity contribution in [3.8, 4) is 0 Å². The van der Waals surface area contributed by atoms with E-state index in [2.05, 4.69) is 10.2 Å². The van der Waals surface area contributed by atoms with Crippen molar-refractivity contribution in [2.75, 3.05) is 18.0 Å². The molecule has 1 aliphatic heterocycles. The molecule has 9 heteroatoms. The van der Waals surface area contributed by atoms with Gasteiger partial charge in [-0.2, -0.15) is 0 Å². The van der Waals surface area contributed by atoms with E-state index in [4.69, 9.17) is 0 Å². The maximum Gasteiger partial charge on any atom is 0.443 e. The summed E-state index contributed by atoms with van der Waals surface area (Å²) in [4.78, 5) is 21.6. The van der Waals surface area contributed by atoms with Crippen LogP contribution in [0.2, 0.25) is 0 Å². The molecule has 0 unspecified atom stereocenters. The summed E-state index contributed by atoms with van der Waals surface area (Å²) in [6.07, 6.45) is 1.75. The normalized spacial score (nSPS) is 15.4. The second kappa shape index (κ2) is 3.76. The minimum Gasteiger partial charge on any atom is -0.358 e. The summed E-state index contributed by atoms with van der Waals surface area (Å²) in [5.74, 6) is -0.887. The van der Waals surface area contributed by atoms with E-state index in [1.54, 1.807) is 4.90 Å². The fraction of sp³-hybridized carbons (Fsp3) is 0.571. The van der Waals surface area contributed by atoms with Gasteiger partial charge in [-0.25, -0.2) is 0 Å². The first kappa shape index (κ1) is 10.3. The molecule has 86 valence electrons. The number of nitrogens with zero attached hydrogens (tertiary/aromatic N) is 4. The monoisotopic (exact) mass is 227 g/mol. The lowest BCUT2D eigenvalue weighted by atomic mass is 10.4. The van der Waals surface area contributed by atoms with Crippen LogP contribution in [0, 0.1) is 20.2 Å². The second-order valence-corrected chi connectivity index (χ2v) is 3.45. The van der Waals surface area contributed by atoms with Gasteiger partial charge in [-0.05, 0) is 27.8 Å². The Bertz CT molecular complexity index is 404. The topological polar surface area (TPSA) is 118 Å². The van der Waals surface area contributed by atoms with Gasteiger partial charge in [-0.1, -0.05) is 0 Å². The standard InChI is InChI=1S/C7H9N5O4/c13-11(14)6-5(10-3-1-2-4-10)7(9-8-6)12(15)16/h1-4H2,(H,8,9). The lowest BCUT2D eigenvalue weighted by Crippen LogP contribution is -2.19. The minimum absolute atomic E-state index is 0.00694. The zero-order valence-corrected chi connectivity index (χ0v) is 8.25. The molecular formula is C7H9N5O4. The minimum atomic E-state index is -0.711. The van der Waals surface area contributed by atoms with E-state index < -0.39 is 21.5 Å². The molecule has 0 aromatic carbocycles. The SMILES string of the molecule is O=[N+]([O-])c1n[nH]c([N+](=O)[O-])c1N1CCCC1. The highest BCUT2D eigenvalue weighted by molar-refractivity contribution is 5.70. The number of rotatable bonds is 3. The Balaban J connectivity index is 2.48. The number of hydrogen-bond acceptors (Lipinski definition) is 6. The van der Waals surface area contributed by atoms with Crippen LogP contribution in [-0.4, -0.2) is 33.1 Å². The van der Waals surface area contributed by atoms with E-state index in [1.807, 2.05) is 0 Å². The van der Waals surface area contributed by atoms with Crippen LogP contribution in [0.1, 0.15) is 12.8 Å². The molecule has 1 aromatic heterocycles. The first-order chi connectivity index (χ1) is 7.61. The van der Waals surface area contributed by atoms with Crippen LogP contribution in [-0.2, 0) is 0 Å². The van der Waals surface area contributed by atoms with E-state index in [1.165, 1.54) is 0 Å². The van der Waals surface area contributed by atoms with Gasteiger partial charge in [0.25, 0.3) is 0 Å². The van der Waals surface area contributed by atoms with Gasteiger partial charge in [0.1, 0.15) is 5.10 Å². The van der Waals surface area contributed by atoms with Crippen LogP contribution >= 0.6 is 0 Å². The third kappa shape index (κ3) is 1.55. The molecule has 0 aliphatic carbocycles. The van der Waals surface area contributed by atoms with Crippen molar-refractivity contribution in [2.45, 2.75) is 12.8 Å². The molecule has 16 heavy (non-hydrogen) atoms. The molecule has 2 rings (SSSR count). The maximum atomic E-state index is 10.7. The fourth-order valence-electron chi connectivity index (χ4n) is 1.80. The molecular weight excluding hydrogens is 218 g/mol. The van der Waals surface area contributed by atoms with Crippen LogP contribution < -0.4 is 4.90 Å². The van der Waals surface area contributed by atoms with Gasteiger partial charge in [0, 0.05) is 13.1 Å². The van der Waals surface area contributed by atoms with Crippen molar-refractivity contribution in [1.82, 2.24) is 10.2 Å². The Labute approximate surface area is 89.3 Å². The van der Waals surface area contributed by atoms with E-state index >= 15 is 0 Å². The number of anilines is 1. The number of hydrogen-bond donors (Lipinski definition) is 1. The highest BCUT2D eigenvalue weighted by atomic mass is 16.6. The van der Waals surface area contributed by atoms with Crippen molar-refractivity contribution in [3.63, 3.8) is 0 Å². The molecule has 0 saturated carbocycles. The highest BCUT2D eigenvalue weighted by Gasteiger charge is 2.36. The Morgan fingerprint density at radius 1 is 1.19 bits per heavy atom. The summed E-state index contributed by atoms with van der Waals surface area (Å²) in [6.45, 7) is 1.17. The van der Waals surface area contributed by atoms with Crippen LogP contribution in [0.25, 0.3) is 0 Å². The predicted octanol–water partition coefficient (Wildman–Crippen LogP) is 0.826. The largest absolute Gasteiger partial charge is 0.443 e. The van der Waals surface area contributed by atoms with Gasteiger partial charge in [0.15, 0.2) is 0 Å². The van der Waals surface area contributed by atoms with Crippen LogP contribution in [0.5, 0.6) is 0 Å². The molecule has 1 saturated heterocycles. The average molecular weight is 227 g/mol. The van der Waals surface area contributed by atoms with Gasteiger partial charge >= 0.3 is 11.6 Å². The second-order valence-electron chi connectivity index (χ2n) is 3.45. The summed E-state index contributed by atoms with van der Waals surface area (Å²) in [5.41, 5.74) is -0.00694. The van der Waals surface area contributed by atoms with Crippen molar-refractivity contribution in [2.24, 2.45) is 0 Å². The Morgan fingerprint density at radius 2 is 1.81 bits per heavy atom. The van der Waals surface area contributed by atoms with Gasteiger partial charge in [-0.3, -0.25) is 0 Å². The van der Waals surface area contributed by atoms with Crippen LogP contribution in [0.4, 0.5) is 17.3 Å². The van der Waals surface area contributed by atoms with Gasteiger partial charge < -0.3 is 25.1 Å². The highest BCUT2D eigenvalue weighted by Crippen LogP contribution is 2.36. The molecule has 0 radical (unpaired) electrons. The quantitative estimate of drug-likeness (QED) is 0.603. The molecule has 1 N–H and O–H groups in total. The van der Waals surface area contributed by atoms with Crippen molar-refractivity contribution in [3.05, 3.63) is 20.2 Å². The smallest absolute Gasteiger partial charge is 0.358 e. The number of aromatic nitrogens is 2. The van der Waals surface area contributed by atoms with Crippen molar-refractivity contribution < 1.29 is 9.85 Å². The number of nitrogens with one attached hydrogen (secondary N) is 1. The molecule has 2 heterocycles. The van der Waals surface area contributed by atoms with Crippen molar-refractivity contribution >= 4 is 17.3 Å². The zero-order valence-electron chi connectivity index (χ0n) is 8.25. The molecule has 0 amide bonds.